The van der Waals surface area contributed by atoms with Crippen molar-refractivity contribution in [1.29, 1.82) is 0 Å². The molecule has 3 N–H and O–H groups in total. The van der Waals surface area contributed by atoms with Gasteiger partial charge in [-0.25, -0.2) is 0 Å². The highest BCUT2D eigenvalue weighted by Gasteiger charge is 2.39. The van der Waals surface area contributed by atoms with Crippen molar-refractivity contribution in [3.05, 3.63) is 33.3 Å². The van der Waals surface area contributed by atoms with E-state index in [1.807, 2.05) is 12.1 Å². The van der Waals surface area contributed by atoms with Crippen LogP contribution in [0, 0.1) is 5.92 Å². The summed E-state index contributed by atoms with van der Waals surface area (Å²) in [6, 6.07) is 3.74. The van der Waals surface area contributed by atoms with Gasteiger partial charge in [-0.2, -0.15) is 0 Å². The van der Waals surface area contributed by atoms with Gasteiger partial charge in [0.25, 0.3) is 0 Å². The van der Waals surface area contributed by atoms with E-state index >= 15 is 0 Å². The summed E-state index contributed by atoms with van der Waals surface area (Å²) in [5, 5.41) is 3.94. The van der Waals surface area contributed by atoms with Gasteiger partial charge in [0.1, 0.15) is 0 Å². The van der Waals surface area contributed by atoms with Gasteiger partial charge in [-0.05, 0) is 42.4 Å². The molecule has 1 saturated carbocycles. The summed E-state index contributed by atoms with van der Waals surface area (Å²) in [6.07, 6.45) is 2.69. The monoisotopic (exact) mass is 314 g/mol. The summed E-state index contributed by atoms with van der Waals surface area (Å²) in [5.41, 5.74) is 7.09. The number of nitrogens with one attached hydrogen (secondary N) is 1. The maximum absolute atomic E-state index is 12.0. The molecule has 0 unspecified atom stereocenters. The average molecular weight is 315 g/mol. The molecule has 2 rings (SSSR count). The van der Waals surface area contributed by atoms with Crippen LogP contribution >= 0.6 is 23.2 Å². The summed E-state index contributed by atoms with van der Waals surface area (Å²) in [6.45, 7) is 4.26. The molecule has 1 amide bonds. The van der Waals surface area contributed by atoms with Gasteiger partial charge >= 0.3 is 0 Å². The van der Waals surface area contributed by atoms with Crippen molar-refractivity contribution >= 4 is 29.1 Å². The van der Waals surface area contributed by atoms with Crippen molar-refractivity contribution in [1.82, 2.24) is 5.32 Å². The quantitative estimate of drug-likeness (QED) is 0.819. The normalized spacial score (nSPS) is 16.3. The first-order valence-corrected chi connectivity index (χ1v) is 7.62. The second kappa shape index (κ2) is 5.92. The van der Waals surface area contributed by atoms with Crippen LogP contribution in [0.3, 0.4) is 0 Å². The van der Waals surface area contributed by atoms with Crippen LogP contribution in [0.25, 0.3) is 0 Å². The number of benzene rings is 1. The summed E-state index contributed by atoms with van der Waals surface area (Å²) in [4.78, 5) is 12.0. The highest BCUT2D eigenvalue weighted by Crippen LogP contribution is 2.32. The maximum atomic E-state index is 12.0. The highest BCUT2D eigenvalue weighted by molar-refractivity contribution is 6.36. The van der Waals surface area contributed by atoms with Crippen molar-refractivity contribution in [3.63, 3.8) is 0 Å². The minimum atomic E-state index is -0.508. The lowest BCUT2D eigenvalue weighted by atomic mass is 9.99. The zero-order valence-electron chi connectivity index (χ0n) is 11.8. The van der Waals surface area contributed by atoms with E-state index in [0.717, 1.165) is 24.8 Å². The minimum absolute atomic E-state index is 0.129. The Hall–Kier alpha value is -0.770. The number of amides is 1. The lowest BCUT2D eigenvalue weighted by Gasteiger charge is -2.15. The molecule has 0 aromatic heterocycles. The van der Waals surface area contributed by atoms with Crippen LogP contribution < -0.4 is 11.1 Å². The van der Waals surface area contributed by atoms with Crippen molar-refractivity contribution in [2.75, 3.05) is 0 Å². The van der Waals surface area contributed by atoms with Crippen molar-refractivity contribution in [2.24, 2.45) is 11.7 Å². The molecule has 1 fully saturated rings. The second-order valence-electron chi connectivity index (χ2n) is 5.98. The Kier molecular flexibility index (Phi) is 4.62. The average Bonchev–Trinajstić information content (AvgIpc) is 3.05. The fourth-order valence-corrected chi connectivity index (χ4v) is 2.73. The van der Waals surface area contributed by atoms with E-state index in [4.69, 9.17) is 28.9 Å². The first-order valence-electron chi connectivity index (χ1n) is 6.86. The molecular weight excluding hydrogens is 295 g/mol. The molecule has 20 heavy (non-hydrogen) atoms. The third-order valence-corrected chi connectivity index (χ3v) is 4.23. The first-order chi connectivity index (χ1) is 9.31. The molecule has 1 aliphatic rings. The number of carbonyl (C=O) groups excluding carboxylic acids is 1. The molecule has 1 aliphatic carbocycles. The molecule has 0 saturated heterocycles. The third kappa shape index (κ3) is 3.87. The number of nitrogens with two attached hydrogens (primary N) is 1. The summed E-state index contributed by atoms with van der Waals surface area (Å²) in [7, 11) is 0. The topological polar surface area (TPSA) is 55.1 Å². The van der Waals surface area contributed by atoms with Crippen LogP contribution in [-0.2, 0) is 17.6 Å². The Morgan fingerprint density at radius 1 is 1.40 bits per heavy atom. The molecule has 1 aromatic carbocycles. The van der Waals surface area contributed by atoms with Crippen LogP contribution in [0.1, 0.15) is 37.8 Å². The molecule has 110 valence electrons. The maximum Gasteiger partial charge on any atom is 0.225 e. The van der Waals surface area contributed by atoms with Crippen LogP contribution in [0.5, 0.6) is 0 Å². The molecular formula is C15H20Cl2N2O. The first kappa shape index (κ1) is 15.6. The van der Waals surface area contributed by atoms with Gasteiger partial charge in [-0.3, -0.25) is 4.79 Å². The van der Waals surface area contributed by atoms with E-state index in [-0.39, 0.29) is 12.3 Å². The lowest BCUT2D eigenvalue weighted by molar-refractivity contribution is -0.121. The van der Waals surface area contributed by atoms with Crippen molar-refractivity contribution in [3.8, 4) is 0 Å². The van der Waals surface area contributed by atoms with Crippen LogP contribution in [-0.4, -0.2) is 11.6 Å². The summed E-state index contributed by atoms with van der Waals surface area (Å²) < 4.78 is 0. The lowest BCUT2D eigenvalue weighted by Crippen LogP contribution is -2.44. The molecule has 5 heteroatoms. The number of hydrogen-bond acceptors (Lipinski definition) is 2. The second-order valence-corrected chi connectivity index (χ2v) is 6.76. The smallest absolute Gasteiger partial charge is 0.225 e. The van der Waals surface area contributed by atoms with E-state index in [1.165, 1.54) is 0 Å². The SMILES string of the molecule is CC(C)Cc1ccc(Cl)c(CC(=O)NC2(N)CC2)c1Cl. The number of rotatable bonds is 5. The predicted molar refractivity (Wildman–Crippen MR) is 83.0 cm³/mol. The Morgan fingerprint density at radius 3 is 2.60 bits per heavy atom. The molecule has 0 spiro atoms. The molecule has 0 atom stereocenters. The highest BCUT2D eigenvalue weighted by atomic mass is 35.5. The van der Waals surface area contributed by atoms with E-state index in [0.29, 0.717) is 21.5 Å². The molecule has 1 aromatic rings. The van der Waals surface area contributed by atoms with E-state index in [2.05, 4.69) is 19.2 Å². The fraction of sp³-hybridized carbons (Fsp3) is 0.533. The van der Waals surface area contributed by atoms with E-state index in [1.54, 1.807) is 0 Å². The Morgan fingerprint density at radius 2 is 2.05 bits per heavy atom. The van der Waals surface area contributed by atoms with Crippen LogP contribution in [0.4, 0.5) is 0 Å². The number of hydrogen-bond donors (Lipinski definition) is 2. The Labute approximate surface area is 129 Å². The molecule has 0 bridgehead atoms. The van der Waals surface area contributed by atoms with E-state index in [9.17, 15) is 4.79 Å². The molecule has 0 heterocycles. The summed E-state index contributed by atoms with van der Waals surface area (Å²) in [5.74, 6) is 0.365. The fourth-order valence-electron chi connectivity index (χ4n) is 2.15. The molecule has 0 aliphatic heterocycles. The van der Waals surface area contributed by atoms with Crippen LogP contribution in [0.15, 0.2) is 12.1 Å². The van der Waals surface area contributed by atoms with Crippen molar-refractivity contribution < 1.29 is 4.79 Å². The van der Waals surface area contributed by atoms with Gasteiger partial charge in [-0.1, -0.05) is 43.1 Å². The summed E-state index contributed by atoms with van der Waals surface area (Å²) >= 11 is 12.6. The molecule has 0 radical (unpaired) electrons. The van der Waals surface area contributed by atoms with Gasteiger partial charge in [0.15, 0.2) is 0 Å². The van der Waals surface area contributed by atoms with Crippen LogP contribution in [0.2, 0.25) is 10.0 Å². The Balaban J connectivity index is 2.15. The standard InChI is InChI=1S/C15H20Cl2N2O/c1-9(2)7-10-3-4-12(16)11(14(10)17)8-13(20)19-15(18)5-6-15/h3-4,9H,5-8,18H2,1-2H3,(H,19,20). The molecule has 3 nitrogen and oxygen atoms in total. The van der Waals surface area contributed by atoms with Gasteiger partial charge < -0.3 is 11.1 Å². The Bertz CT molecular complexity index is 525. The van der Waals surface area contributed by atoms with Gasteiger partial charge in [0.05, 0.1) is 12.1 Å². The zero-order valence-corrected chi connectivity index (χ0v) is 13.3. The zero-order chi connectivity index (χ0) is 14.9. The van der Waals surface area contributed by atoms with Gasteiger partial charge in [-0.15, -0.1) is 0 Å². The van der Waals surface area contributed by atoms with E-state index < -0.39 is 5.66 Å². The number of carbonyl (C=O) groups is 1. The van der Waals surface area contributed by atoms with Gasteiger partial charge in [0, 0.05) is 10.0 Å². The largest absolute Gasteiger partial charge is 0.338 e. The van der Waals surface area contributed by atoms with Crippen molar-refractivity contribution in [2.45, 2.75) is 45.2 Å². The third-order valence-electron chi connectivity index (χ3n) is 3.41. The predicted octanol–water partition coefficient (Wildman–Crippen LogP) is 3.30. The number of halogens is 2. The van der Waals surface area contributed by atoms with Gasteiger partial charge in [0.2, 0.25) is 5.91 Å². The minimum Gasteiger partial charge on any atom is -0.338 e.